The van der Waals surface area contributed by atoms with Crippen LogP contribution in [0.2, 0.25) is 0 Å². The number of hydrogen-bond acceptors (Lipinski definition) is 2. The van der Waals surface area contributed by atoms with Crippen LogP contribution in [0.5, 0.6) is 0 Å². The van der Waals surface area contributed by atoms with Crippen molar-refractivity contribution in [2.24, 2.45) is 5.92 Å². The number of aromatic nitrogens is 1. The molecule has 2 amide bonds. The topological polar surface area (TPSA) is 65.2 Å². The van der Waals surface area contributed by atoms with Gasteiger partial charge in [0, 0.05) is 48.2 Å². The lowest BCUT2D eigenvalue weighted by Gasteiger charge is -2.21. The Kier molecular flexibility index (Phi) is 4.60. The van der Waals surface area contributed by atoms with E-state index in [0.717, 1.165) is 29.6 Å². The van der Waals surface area contributed by atoms with Crippen molar-refractivity contribution in [1.29, 1.82) is 0 Å². The standard InChI is InChI=1S/C19H25N3O2/c1-12(11-22-8-4-5-18(22)23)10-20-19(24)15-6-7-17-16(9-15)13(2)14(3)21-17/h6-7,9,12,21H,4-5,8,10-11H2,1-3H3,(H,20,24)/t12-/m1/s1. The minimum atomic E-state index is -0.0604. The van der Waals surface area contributed by atoms with Gasteiger partial charge in [-0.1, -0.05) is 6.92 Å². The molecule has 0 spiro atoms. The van der Waals surface area contributed by atoms with Crippen LogP contribution in [-0.4, -0.2) is 41.3 Å². The van der Waals surface area contributed by atoms with Crippen LogP contribution in [0, 0.1) is 19.8 Å². The van der Waals surface area contributed by atoms with Crippen molar-refractivity contribution in [3.05, 3.63) is 35.0 Å². The summed E-state index contributed by atoms with van der Waals surface area (Å²) >= 11 is 0. The lowest BCUT2D eigenvalue weighted by molar-refractivity contribution is -0.128. The highest BCUT2D eigenvalue weighted by Gasteiger charge is 2.22. The highest BCUT2D eigenvalue weighted by molar-refractivity contribution is 5.99. The molecule has 1 saturated heterocycles. The molecule has 1 aliphatic heterocycles. The number of nitrogens with zero attached hydrogens (tertiary/aromatic N) is 1. The molecule has 1 aromatic carbocycles. The molecule has 1 aliphatic rings. The van der Waals surface area contributed by atoms with E-state index in [1.807, 2.05) is 30.0 Å². The fourth-order valence-corrected chi connectivity index (χ4v) is 3.31. The highest BCUT2D eigenvalue weighted by atomic mass is 16.2. The van der Waals surface area contributed by atoms with Gasteiger partial charge < -0.3 is 15.2 Å². The normalized spacial score (nSPS) is 16.0. The van der Waals surface area contributed by atoms with Crippen molar-refractivity contribution in [2.75, 3.05) is 19.6 Å². The number of aryl methyl sites for hydroxylation is 2. The molecule has 0 saturated carbocycles. The summed E-state index contributed by atoms with van der Waals surface area (Å²) in [5.74, 6) is 0.419. The van der Waals surface area contributed by atoms with Gasteiger partial charge in [-0.15, -0.1) is 0 Å². The summed E-state index contributed by atoms with van der Waals surface area (Å²) in [4.78, 5) is 29.3. The lowest BCUT2D eigenvalue weighted by atomic mass is 10.1. The number of hydrogen-bond donors (Lipinski definition) is 2. The van der Waals surface area contributed by atoms with E-state index in [1.54, 1.807) is 0 Å². The fourth-order valence-electron chi connectivity index (χ4n) is 3.31. The molecule has 3 rings (SSSR count). The van der Waals surface area contributed by atoms with Crippen molar-refractivity contribution < 1.29 is 9.59 Å². The molecule has 5 heteroatoms. The van der Waals surface area contributed by atoms with Crippen LogP contribution >= 0.6 is 0 Å². The maximum Gasteiger partial charge on any atom is 0.251 e. The van der Waals surface area contributed by atoms with Gasteiger partial charge in [0.05, 0.1) is 0 Å². The number of amides is 2. The van der Waals surface area contributed by atoms with Gasteiger partial charge in [-0.05, 0) is 49.9 Å². The zero-order valence-electron chi connectivity index (χ0n) is 14.6. The highest BCUT2D eigenvalue weighted by Crippen LogP contribution is 2.22. The molecule has 2 N–H and O–H groups in total. The Bertz CT molecular complexity index is 778. The molecule has 1 aromatic heterocycles. The molecule has 0 aliphatic carbocycles. The summed E-state index contributed by atoms with van der Waals surface area (Å²) in [6, 6.07) is 5.75. The first kappa shape index (κ1) is 16.6. The van der Waals surface area contributed by atoms with E-state index in [4.69, 9.17) is 0 Å². The molecule has 0 bridgehead atoms. The molecule has 2 heterocycles. The number of carbonyl (C=O) groups is 2. The Hall–Kier alpha value is -2.30. The Morgan fingerprint density at radius 3 is 2.88 bits per heavy atom. The minimum absolute atomic E-state index is 0.0604. The number of nitrogens with one attached hydrogen (secondary N) is 2. The summed E-state index contributed by atoms with van der Waals surface area (Å²) in [7, 11) is 0. The Morgan fingerprint density at radius 1 is 1.38 bits per heavy atom. The molecule has 24 heavy (non-hydrogen) atoms. The summed E-state index contributed by atoms with van der Waals surface area (Å²) in [5.41, 5.74) is 4.04. The van der Waals surface area contributed by atoms with E-state index in [1.165, 1.54) is 5.56 Å². The van der Waals surface area contributed by atoms with Gasteiger partial charge in [0.1, 0.15) is 0 Å². The molecular weight excluding hydrogens is 302 g/mol. The van der Waals surface area contributed by atoms with E-state index < -0.39 is 0 Å². The minimum Gasteiger partial charge on any atom is -0.358 e. The van der Waals surface area contributed by atoms with Crippen LogP contribution in [0.4, 0.5) is 0 Å². The molecule has 5 nitrogen and oxygen atoms in total. The van der Waals surface area contributed by atoms with Gasteiger partial charge in [0.2, 0.25) is 5.91 Å². The number of H-pyrrole nitrogens is 1. The third kappa shape index (κ3) is 3.30. The van der Waals surface area contributed by atoms with Gasteiger partial charge in [-0.3, -0.25) is 9.59 Å². The van der Waals surface area contributed by atoms with Crippen molar-refractivity contribution in [1.82, 2.24) is 15.2 Å². The monoisotopic (exact) mass is 327 g/mol. The molecular formula is C19H25N3O2. The van der Waals surface area contributed by atoms with Crippen molar-refractivity contribution in [2.45, 2.75) is 33.6 Å². The Balaban J connectivity index is 1.60. The smallest absolute Gasteiger partial charge is 0.251 e. The molecule has 0 radical (unpaired) electrons. The number of fused-ring (bicyclic) bond motifs is 1. The molecule has 128 valence electrons. The van der Waals surface area contributed by atoms with E-state index in [-0.39, 0.29) is 17.7 Å². The summed E-state index contributed by atoms with van der Waals surface area (Å²) < 4.78 is 0. The zero-order chi connectivity index (χ0) is 17.3. The van der Waals surface area contributed by atoms with Crippen LogP contribution in [0.3, 0.4) is 0 Å². The van der Waals surface area contributed by atoms with Crippen LogP contribution < -0.4 is 5.32 Å². The number of likely N-dealkylation sites (tertiary alicyclic amines) is 1. The summed E-state index contributed by atoms with van der Waals surface area (Å²) in [5, 5.41) is 4.08. The van der Waals surface area contributed by atoms with Crippen LogP contribution in [0.25, 0.3) is 10.9 Å². The van der Waals surface area contributed by atoms with Gasteiger partial charge in [-0.2, -0.15) is 0 Å². The number of rotatable bonds is 5. The van der Waals surface area contributed by atoms with Crippen molar-refractivity contribution in [3.63, 3.8) is 0 Å². The van der Waals surface area contributed by atoms with Gasteiger partial charge >= 0.3 is 0 Å². The predicted molar refractivity (Wildman–Crippen MR) is 95.1 cm³/mol. The second-order valence-corrected chi connectivity index (χ2v) is 6.89. The number of carbonyl (C=O) groups excluding carboxylic acids is 2. The third-order valence-corrected chi connectivity index (χ3v) is 4.88. The van der Waals surface area contributed by atoms with Gasteiger partial charge in [0.25, 0.3) is 5.91 Å². The summed E-state index contributed by atoms with van der Waals surface area (Å²) in [6.07, 6.45) is 1.61. The fraction of sp³-hybridized carbons (Fsp3) is 0.474. The average molecular weight is 327 g/mol. The largest absolute Gasteiger partial charge is 0.358 e. The van der Waals surface area contributed by atoms with Crippen LogP contribution in [-0.2, 0) is 4.79 Å². The third-order valence-electron chi connectivity index (χ3n) is 4.88. The van der Waals surface area contributed by atoms with E-state index in [0.29, 0.717) is 25.1 Å². The molecule has 2 aromatic rings. The van der Waals surface area contributed by atoms with Crippen LogP contribution in [0.15, 0.2) is 18.2 Å². The first-order valence-corrected chi connectivity index (χ1v) is 8.60. The Morgan fingerprint density at radius 2 is 2.17 bits per heavy atom. The predicted octanol–water partition coefficient (Wildman–Crippen LogP) is 2.77. The maximum atomic E-state index is 12.4. The first-order valence-electron chi connectivity index (χ1n) is 8.60. The van der Waals surface area contributed by atoms with E-state index >= 15 is 0 Å². The Labute approximate surface area is 142 Å². The molecule has 1 fully saturated rings. The summed E-state index contributed by atoms with van der Waals surface area (Å²) in [6.45, 7) is 8.30. The van der Waals surface area contributed by atoms with Crippen molar-refractivity contribution in [3.8, 4) is 0 Å². The average Bonchev–Trinajstić information content (AvgIpc) is 3.09. The van der Waals surface area contributed by atoms with Gasteiger partial charge in [-0.25, -0.2) is 0 Å². The van der Waals surface area contributed by atoms with Crippen LogP contribution in [0.1, 0.15) is 41.4 Å². The van der Waals surface area contributed by atoms with Gasteiger partial charge in [0.15, 0.2) is 0 Å². The zero-order valence-corrected chi connectivity index (χ0v) is 14.6. The van der Waals surface area contributed by atoms with Crippen molar-refractivity contribution >= 4 is 22.7 Å². The second-order valence-electron chi connectivity index (χ2n) is 6.89. The van der Waals surface area contributed by atoms with E-state index in [2.05, 4.69) is 24.1 Å². The van der Waals surface area contributed by atoms with E-state index in [9.17, 15) is 9.59 Å². The molecule has 1 atom stereocenters. The second kappa shape index (κ2) is 6.67. The SMILES string of the molecule is Cc1[nH]c2ccc(C(=O)NC[C@@H](C)CN3CCCC3=O)cc2c1C. The first-order chi connectivity index (χ1) is 11.5. The quantitative estimate of drug-likeness (QED) is 0.887. The number of aromatic amines is 1. The lowest BCUT2D eigenvalue weighted by Crippen LogP contribution is -2.36. The number of benzene rings is 1. The molecule has 0 unspecified atom stereocenters. The maximum absolute atomic E-state index is 12.4.